The highest BCUT2D eigenvalue weighted by molar-refractivity contribution is 6.00. The van der Waals surface area contributed by atoms with Crippen molar-refractivity contribution >= 4 is 17.3 Å². The lowest BCUT2D eigenvalue weighted by molar-refractivity contribution is -0.0498. The largest absolute Gasteiger partial charge is 0.435 e. The average molecular weight is 442 g/mol. The van der Waals surface area contributed by atoms with Gasteiger partial charge in [-0.05, 0) is 43.3 Å². The van der Waals surface area contributed by atoms with Gasteiger partial charge in [-0.15, -0.1) is 0 Å². The molecule has 1 saturated heterocycles. The Morgan fingerprint density at radius 2 is 1.84 bits per heavy atom. The van der Waals surface area contributed by atoms with Crippen LogP contribution in [0.3, 0.4) is 0 Å². The molecule has 0 aliphatic carbocycles. The Bertz CT molecular complexity index is 1050. The van der Waals surface area contributed by atoms with Gasteiger partial charge in [-0.1, -0.05) is 12.1 Å². The van der Waals surface area contributed by atoms with Crippen LogP contribution in [0.1, 0.15) is 22.0 Å². The van der Waals surface area contributed by atoms with Crippen LogP contribution in [0, 0.1) is 6.92 Å². The molecule has 32 heavy (non-hydrogen) atoms. The summed E-state index contributed by atoms with van der Waals surface area (Å²) in [6.07, 6.45) is 0. The van der Waals surface area contributed by atoms with Crippen molar-refractivity contribution in [3.8, 4) is 5.75 Å². The first-order chi connectivity index (χ1) is 15.5. The predicted molar refractivity (Wildman–Crippen MR) is 115 cm³/mol. The molecule has 0 spiro atoms. The SMILES string of the molecule is Cc1nc(CN2CCN(C(=O)c3ccccc3Nc3ccc(OC(F)F)cc3)CC2)n[nH]1. The quantitative estimate of drug-likeness (QED) is 0.583. The normalized spacial score (nSPS) is 14.6. The number of amides is 1. The second-order valence-corrected chi connectivity index (χ2v) is 7.48. The molecule has 2 aromatic carbocycles. The van der Waals surface area contributed by atoms with E-state index in [0.717, 1.165) is 24.7 Å². The van der Waals surface area contributed by atoms with Crippen LogP contribution in [-0.2, 0) is 6.54 Å². The second kappa shape index (κ2) is 9.73. The molecular weight excluding hydrogens is 418 g/mol. The zero-order valence-corrected chi connectivity index (χ0v) is 17.6. The fourth-order valence-electron chi connectivity index (χ4n) is 3.59. The van der Waals surface area contributed by atoms with Crippen LogP contribution < -0.4 is 10.1 Å². The number of anilines is 2. The van der Waals surface area contributed by atoms with Crippen LogP contribution in [0.4, 0.5) is 20.2 Å². The monoisotopic (exact) mass is 442 g/mol. The van der Waals surface area contributed by atoms with E-state index in [9.17, 15) is 13.6 Å². The number of carbonyl (C=O) groups excluding carboxylic acids is 1. The minimum Gasteiger partial charge on any atom is -0.435 e. The van der Waals surface area contributed by atoms with E-state index in [1.165, 1.54) is 12.1 Å². The number of H-pyrrole nitrogens is 1. The molecule has 0 saturated carbocycles. The van der Waals surface area contributed by atoms with Crippen molar-refractivity contribution < 1.29 is 18.3 Å². The molecule has 1 aliphatic rings. The summed E-state index contributed by atoms with van der Waals surface area (Å²) in [6, 6.07) is 13.4. The zero-order chi connectivity index (χ0) is 22.5. The van der Waals surface area contributed by atoms with E-state index in [0.29, 0.717) is 36.6 Å². The van der Waals surface area contributed by atoms with E-state index in [4.69, 9.17) is 0 Å². The molecular formula is C22H24F2N6O2. The molecule has 0 unspecified atom stereocenters. The summed E-state index contributed by atoms with van der Waals surface area (Å²) in [6.45, 7) is 2.33. The number of ether oxygens (including phenoxy) is 1. The number of carbonyl (C=O) groups is 1. The van der Waals surface area contributed by atoms with Gasteiger partial charge >= 0.3 is 6.61 Å². The number of aromatic amines is 1. The summed E-state index contributed by atoms with van der Waals surface area (Å²) < 4.78 is 29.0. The molecule has 2 heterocycles. The third kappa shape index (κ3) is 5.38. The summed E-state index contributed by atoms with van der Waals surface area (Å²) in [4.78, 5) is 21.6. The van der Waals surface area contributed by atoms with Gasteiger partial charge in [0, 0.05) is 31.9 Å². The molecule has 168 valence electrons. The lowest BCUT2D eigenvalue weighted by Gasteiger charge is -2.34. The summed E-state index contributed by atoms with van der Waals surface area (Å²) >= 11 is 0. The molecule has 4 rings (SSSR count). The minimum absolute atomic E-state index is 0.0563. The third-order valence-corrected chi connectivity index (χ3v) is 5.18. The van der Waals surface area contributed by atoms with E-state index in [2.05, 4.69) is 30.1 Å². The fourth-order valence-corrected chi connectivity index (χ4v) is 3.59. The Balaban J connectivity index is 1.38. The number of aryl methyl sites for hydroxylation is 1. The van der Waals surface area contributed by atoms with Crippen LogP contribution >= 0.6 is 0 Å². The lowest BCUT2D eigenvalue weighted by atomic mass is 10.1. The minimum atomic E-state index is -2.87. The maximum Gasteiger partial charge on any atom is 0.387 e. The van der Waals surface area contributed by atoms with Gasteiger partial charge < -0.3 is 15.0 Å². The molecule has 1 amide bonds. The van der Waals surface area contributed by atoms with Crippen molar-refractivity contribution in [2.75, 3.05) is 31.5 Å². The first kappa shape index (κ1) is 21.7. The number of aromatic nitrogens is 3. The van der Waals surface area contributed by atoms with Crippen LogP contribution in [-0.4, -0.2) is 63.7 Å². The topological polar surface area (TPSA) is 86.4 Å². The summed E-state index contributed by atoms with van der Waals surface area (Å²) in [5, 5.41) is 10.2. The zero-order valence-electron chi connectivity index (χ0n) is 17.6. The van der Waals surface area contributed by atoms with E-state index < -0.39 is 6.61 Å². The Morgan fingerprint density at radius 3 is 2.50 bits per heavy atom. The summed E-state index contributed by atoms with van der Waals surface area (Å²) in [5.41, 5.74) is 1.87. The van der Waals surface area contributed by atoms with E-state index in [1.54, 1.807) is 18.2 Å². The highest BCUT2D eigenvalue weighted by Gasteiger charge is 2.24. The van der Waals surface area contributed by atoms with Crippen LogP contribution in [0.15, 0.2) is 48.5 Å². The number of piperazine rings is 1. The number of nitrogens with zero attached hydrogens (tertiary/aromatic N) is 4. The molecule has 0 bridgehead atoms. The van der Waals surface area contributed by atoms with Crippen LogP contribution in [0.5, 0.6) is 5.75 Å². The van der Waals surface area contributed by atoms with E-state index in [-0.39, 0.29) is 11.7 Å². The molecule has 10 heteroatoms. The van der Waals surface area contributed by atoms with Gasteiger partial charge in [0.25, 0.3) is 5.91 Å². The average Bonchev–Trinajstić information content (AvgIpc) is 3.20. The Hall–Kier alpha value is -3.53. The van der Waals surface area contributed by atoms with Gasteiger partial charge in [0.15, 0.2) is 5.82 Å². The fraction of sp³-hybridized carbons (Fsp3) is 0.318. The van der Waals surface area contributed by atoms with Gasteiger partial charge in [-0.25, -0.2) is 4.98 Å². The number of rotatable bonds is 7. The number of benzene rings is 2. The third-order valence-electron chi connectivity index (χ3n) is 5.18. The maximum absolute atomic E-state index is 13.2. The molecule has 8 nitrogen and oxygen atoms in total. The maximum atomic E-state index is 13.2. The standard InChI is InChI=1S/C22H24F2N6O2/c1-15-25-20(28-27-15)14-29-10-12-30(13-11-29)21(31)18-4-2-3-5-19(18)26-16-6-8-17(9-7-16)32-22(23)24/h2-9,22,26H,10-14H2,1H3,(H,25,27,28). The number of hydrogen-bond donors (Lipinski definition) is 2. The van der Waals surface area contributed by atoms with Crippen molar-refractivity contribution in [2.24, 2.45) is 0 Å². The number of halogens is 2. The Morgan fingerprint density at radius 1 is 1.12 bits per heavy atom. The Kier molecular flexibility index (Phi) is 6.60. The number of nitrogens with one attached hydrogen (secondary N) is 2. The van der Waals surface area contributed by atoms with E-state index >= 15 is 0 Å². The second-order valence-electron chi connectivity index (χ2n) is 7.48. The van der Waals surface area contributed by atoms with E-state index in [1.807, 2.05) is 30.0 Å². The van der Waals surface area contributed by atoms with Crippen molar-refractivity contribution in [1.29, 1.82) is 0 Å². The Labute approximate surface area is 184 Å². The number of para-hydroxylation sites is 1. The van der Waals surface area contributed by atoms with Crippen molar-refractivity contribution in [3.05, 3.63) is 65.7 Å². The highest BCUT2D eigenvalue weighted by atomic mass is 19.3. The summed E-state index contributed by atoms with van der Waals surface area (Å²) in [7, 11) is 0. The smallest absolute Gasteiger partial charge is 0.387 e. The molecule has 3 aromatic rings. The molecule has 0 atom stereocenters. The molecule has 1 fully saturated rings. The number of alkyl halides is 2. The lowest BCUT2D eigenvalue weighted by Crippen LogP contribution is -2.48. The predicted octanol–water partition coefficient (Wildman–Crippen LogP) is 3.42. The molecule has 0 radical (unpaired) electrons. The molecule has 1 aliphatic heterocycles. The first-order valence-corrected chi connectivity index (χ1v) is 10.3. The van der Waals surface area contributed by atoms with Gasteiger partial charge in [0.2, 0.25) is 0 Å². The molecule has 1 aromatic heterocycles. The van der Waals surface area contributed by atoms with Crippen molar-refractivity contribution in [3.63, 3.8) is 0 Å². The molecule has 2 N–H and O–H groups in total. The van der Waals surface area contributed by atoms with Crippen LogP contribution in [0.2, 0.25) is 0 Å². The van der Waals surface area contributed by atoms with Gasteiger partial charge in [0.05, 0.1) is 17.8 Å². The van der Waals surface area contributed by atoms with Crippen LogP contribution in [0.25, 0.3) is 0 Å². The van der Waals surface area contributed by atoms with Gasteiger partial charge in [-0.2, -0.15) is 13.9 Å². The van der Waals surface area contributed by atoms with Gasteiger partial charge in [0.1, 0.15) is 11.6 Å². The summed E-state index contributed by atoms with van der Waals surface area (Å²) in [5.74, 6) is 1.56. The highest BCUT2D eigenvalue weighted by Crippen LogP contribution is 2.25. The van der Waals surface area contributed by atoms with Gasteiger partial charge in [-0.3, -0.25) is 14.8 Å². The first-order valence-electron chi connectivity index (χ1n) is 10.3. The van der Waals surface area contributed by atoms with Crippen molar-refractivity contribution in [1.82, 2.24) is 25.0 Å². The number of hydrogen-bond acceptors (Lipinski definition) is 6. The van der Waals surface area contributed by atoms with Crippen molar-refractivity contribution in [2.45, 2.75) is 20.1 Å².